The van der Waals surface area contributed by atoms with Crippen LogP contribution in [0.15, 0.2) is 6.20 Å². The average molecular weight is 346 g/mol. The average Bonchev–Trinajstić information content (AvgIpc) is 3.01. The summed E-state index contributed by atoms with van der Waals surface area (Å²) >= 11 is 0. The molecule has 1 atom stereocenters. The molecular weight excluding hydrogens is 333 g/mol. The van der Waals surface area contributed by atoms with Crippen LogP contribution in [0.2, 0.25) is 0 Å². The smallest absolute Gasteiger partial charge is 0.321 e. The van der Waals surface area contributed by atoms with Gasteiger partial charge in [-0.2, -0.15) is 23.4 Å². The van der Waals surface area contributed by atoms with Crippen LogP contribution in [-0.4, -0.2) is 30.8 Å². The Bertz CT molecular complexity index is 795. The second-order valence-electron chi connectivity index (χ2n) is 5.05. The number of nitro groups is 1. The molecule has 0 saturated heterocycles. The molecule has 2 aromatic rings. The van der Waals surface area contributed by atoms with Gasteiger partial charge in [0.15, 0.2) is 5.69 Å². The molecule has 0 spiro atoms. The molecule has 0 aliphatic carbocycles. The molecule has 2 N–H and O–H groups in total. The van der Waals surface area contributed by atoms with Crippen molar-refractivity contribution in [2.24, 2.45) is 0 Å². The summed E-state index contributed by atoms with van der Waals surface area (Å²) in [5, 5.41) is 22.0. The summed E-state index contributed by atoms with van der Waals surface area (Å²) in [7, 11) is 0. The van der Waals surface area contributed by atoms with Crippen molar-refractivity contribution in [1.82, 2.24) is 20.0 Å². The Hall–Kier alpha value is -2.92. The molecule has 2 rings (SSSR count). The van der Waals surface area contributed by atoms with Crippen LogP contribution in [0, 0.1) is 24.0 Å². The number of nitrogens with zero attached hydrogens (tertiary/aromatic N) is 4. The molecule has 2 heterocycles. The van der Waals surface area contributed by atoms with E-state index in [-0.39, 0.29) is 17.1 Å². The van der Waals surface area contributed by atoms with Gasteiger partial charge >= 0.3 is 11.9 Å². The number of alkyl halides is 3. The van der Waals surface area contributed by atoms with Crippen LogP contribution >= 0.6 is 0 Å². The van der Waals surface area contributed by atoms with E-state index >= 15 is 0 Å². The first-order chi connectivity index (χ1) is 11.0. The fourth-order valence-electron chi connectivity index (χ4n) is 2.11. The van der Waals surface area contributed by atoms with E-state index in [1.165, 1.54) is 20.8 Å². The predicted molar refractivity (Wildman–Crippen MR) is 75.3 cm³/mol. The Morgan fingerprint density at radius 3 is 2.58 bits per heavy atom. The number of amides is 1. The molecule has 2 aromatic heterocycles. The van der Waals surface area contributed by atoms with Gasteiger partial charge in [-0.1, -0.05) is 0 Å². The minimum Gasteiger partial charge on any atom is -0.321 e. The number of hydrogen-bond donors (Lipinski definition) is 2. The fraction of sp³-hybridized carbons (Fsp3) is 0.417. The summed E-state index contributed by atoms with van der Waals surface area (Å²) in [5.74, 6) is -0.814. The normalized spacial score (nSPS) is 12.9. The van der Waals surface area contributed by atoms with Crippen LogP contribution in [0.5, 0.6) is 0 Å². The van der Waals surface area contributed by atoms with Gasteiger partial charge in [0.1, 0.15) is 17.9 Å². The van der Waals surface area contributed by atoms with Crippen molar-refractivity contribution in [1.29, 1.82) is 0 Å². The highest BCUT2D eigenvalue weighted by molar-refractivity contribution is 5.94. The van der Waals surface area contributed by atoms with Crippen LogP contribution in [0.1, 0.15) is 30.0 Å². The number of rotatable bonds is 4. The Morgan fingerprint density at radius 2 is 2.08 bits per heavy atom. The van der Waals surface area contributed by atoms with Crippen LogP contribution in [0.3, 0.4) is 0 Å². The topological polar surface area (TPSA) is 119 Å². The zero-order valence-electron chi connectivity index (χ0n) is 12.8. The second-order valence-corrected chi connectivity index (χ2v) is 5.05. The molecule has 0 radical (unpaired) electrons. The standard InChI is InChI=1S/C12H13F3N6O3/c1-5-9(10(19-18-5)12(13,14)15)17-11(22)7(3)20-6(2)8(4-16-20)21(23)24/h4,7H,1-3H3,(H,17,22)(H,18,19)/t7-/m0/s1. The summed E-state index contributed by atoms with van der Waals surface area (Å²) in [5.41, 5.74) is -1.87. The lowest BCUT2D eigenvalue weighted by molar-refractivity contribution is -0.385. The third kappa shape index (κ3) is 3.07. The highest BCUT2D eigenvalue weighted by Gasteiger charge is 2.38. The summed E-state index contributed by atoms with van der Waals surface area (Å²) in [6.45, 7) is 4.08. The minimum atomic E-state index is -4.74. The molecule has 0 aliphatic heterocycles. The molecular formula is C12H13F3N6O3. The van der Waals surface area contributed by atoms with Gasteiger partial charge in [-0.15, -0.1) is 0 Å². The maximum Gasteiger partial charge on any atom is 0.437 e. The molecule has 24 heavy (non-hydrogen) atoms. The lowest BCUT2D eigenvalue weighted by Crippen LogP contribution is -2.26. The molecule has 0 unspecified atom stereocenters. The van der Waals surface area contributed by atoms with Gasteiger partial charge in [-0.05, 0) is 20.8 Å². The highest BCUT2D eigenvalue weighted by Crippen LogP contribution is 2.35. The van der Waals surface area contributed by atoms with E-state index < -0.39 is 34.4 Å². The molecule has 0 aromatic carbocycles. The molecule has 0 aliphatic rings. The van der Waals surface area contributed by atoms with E-state index in [2.05, 4.69) is 20.6 Å². The van der Waals surface area contributed by atoms with Gasteiger partial charge in [-0.25, -0.2) is 0 Å². The maximum absolute atomic E-state index is 12.9. The third-order valence-electron chi connectivity index (χ3n) is 3.43. The Kier molecular flexibility index (Phi) is 4.32. The first-order valence-corrected chi connectivity index (χ1v) is 6.65. The van der Waals surface area contributed by atoms with Gasteiger partial charge in [-0.3, -0.25) is 24.7 Å². The summed E-state index contributed by atoms with van der Waals surface area (Å²) < 4.78 is 39.7. The Balaban J connectivity index is 2.28. The van der Waals surface area contributed by atoms with Crippen molar-refractivity contribution in [3.8, 4) is 0 Å². The van der Waals surface area contributed by atoms with E-state index in [9.17, 15) is 28.1 Å². The van der Waals surface area contributed by atoms with Crippen LogP contribution in [0.4, 0.5) is 24.5 Å². The number of aryl methyl sites for hydroxylation is 1. The summed E-state index contributed by atoms with van der Waals surface area (Å²) in [4.78, 5) is 22.4. The maximum atomic E-state index is 12.9. The van der Waals surface area contributed by atoms with Crippen molar-refractivity contribution >= 4 is 17.3 Å². The third-order valence-corrected chi connectivity index (χ3v) is 3.43. The van der Waals surface area contributed by atoms with E-state index in [0.29, 0.717) is 0 Å². The Morgan fingerprint density at radius 1 is 1.46 bits per heavy atom. The highest BCUT2D eigenvalue weighted by atomic mass is 19.4. The van der Waals surface area contributed by atoms with E-state index in [1.807, 2.05) is 0 Å². The van der Waals surface area contributed by atoms with Gasteiger partial charge in [0, 0.05) is 0 Å². The number of H-pyrrole nitrogens is 1. The second kappa shape index (κ2) is 5.94. The number of anilines is 1. The van der Waals surface area contributed by atoms with Crippen LogP contribution < -0.4 is 5.32 Å². The van der Waals surface area contributed by atoms with Gasteiger partial charge in [0.25, 0.3) is 0 Å². The van der Waals surface area contributed by atoms with Crippen molar-refractivity contribution in [3.63, 3.8) is 0 Å². The van der Waals surface area contributed by atoms with Crippen molar-refractivity contribution in [2.45, 2.75) is 33.0 Å². The number of halogens is 3. The first-order valence-electron chi connectivity index (χ1n) is 6.65. The minimum absolute atomic E-state index is 0.0334. The van der Waals surface area contributed by atoms with E-state index in [0.717, 1.165) is 10.9 Å². The summed E-state index contributed by atoms with van der Waals surface area (Å²) in [6.07, 6.45) is -3.76. The van der Waals surface area contributed by atoms with Crippen molar-refractivity contribution in [2.75, 3.05) is 5.32 Å². The molecule has 0 saturated carbocycles. The fourth-order valence-corrected chi connectivity index (χ4v) is 2.11. The number of carbonyl (C=O) groups is 1. The van der Waals surface area contributed by atoms with Crippen LogP contribution in [-0.2, 0) is 11.0 Å². The first kappa shape index (κ1) is 17.4. The number of hydrogen-bond acceptors (Lipinski definition) is 5. The molecule has 0 fully saturated rings. The molecule has 0 bridgehead atoms. The number of aromatic amines is 1. The predicted octanol–water partition coefficient (Wildman–Crippen LogP) is 2.35. The number of carbonyl (C=O) groups excluding carboxylic acids is 1. The molecule has 130 valence electrons. The van der Waals surface area contributed by atoms with E-state index in [4.69, 9.17) is 0 Å². The largest absolute Gasteiger partial charge is 0.437 e. The van der Waals surface area contributed by atoms with Gasteiger partial charge in [0.05, 0.1) is 16.3 Å². The quantitative estimate of drug-likeness (QED) is 0.650. The Labute approximate surface area is 133 Å². The molecule has 12 heteroatoms. The monoisotopic (exact) mass is 346 g/mol. The molecule has 9 nitrogen and oxygen atoms in total. The number of nitrogens with one attached hydrogen (secondary N) is 2. The summed E-state index contributed by atoms with van der Waals surface area (Å²) in [6, 6.07) is -1.06. The number of aromatic nitrogens is 4. The zero-order chi connectivity index (χ0) is 18.2. The lowest BCUT2D eigenvalue weighted by Gasteiger charge is -2.15. The van der Waals surface area contributed by atoms with Crippen molar-refractivity contribution in [3.05, 3.63) is 33.4 Å². The zero-order valence-corrected chi connectivity index (χ0v) is 12.8. The van der Waals surface area contributed by atoms with Gasteiger partial charge in [0.2, 0.25) is 5.91 Å². The van der Waals surface area contributed by atoms with E-state index in [1.54, 1.807) is 0 Å². The lowest BCUT2D eigenvalue weighted by atomic mass is 10.2. The van der Waals surface area contributed by atoms with Crippen LogP contribution in [0.25, 0.3) is 0 Å². The van der Waals surface area contributed by atoms with Gasteiger partial charge < -0.3 is 5.32 Å². The van der Waals surface area contributed by atoms with Crippen molar-refractivity contribution < 1.29 is 22.9 Å². The SMILES string of the molecule is Cc1[nH]nc(C(F)(F)F)c1NC(=O)[C@H](C)n1ncc([N+](=O)[O-])c1C. The molecule has 1 amide bonds.